The summed E-state index contributed by atoms with van der Waals surface area (Å²) in [5.41, 5.74) is 0.996. The van der Waals surface area contributed by atoms with Crippen molar-refractivity contribution in [1.29, 1.82) is 0 Å². The van der Waals surface area contributed by atoms with Crippen molar-refractivity contribution in [1.82, 2.24) is 10.6 Å². The van der Waals surface area contributed by atoms with E-state index in [0.717, 1.165) is 19.4 Å². The van der Waals surface area contributed by atoms with Gasteiger partial charge in [-0.05, 0) is 37.6 Å². The summed E-state index contributed by atoms with van der Waals surface area (Å²) < 4.78 is 0. The number of hydrogen-bond acceptors (Lipinski definition) is 3. The second-order valence-corrected chi connectivity index (χ2v) is 5.23. The van der Waals surface area contributed by atoms with Crippen molar-refractivity contribution in [2.45, 2.75) is 25.3 Å². The summed E-state index contributed by atoms with van der Waals surface area (Å²) in [6, 6.07) is 5.13. The summed E-state index contributed by atoms with van der Waals surface area (Å²) in [5, 5.41) is 8.91. The zero-order valence-electron chi connectivity index (χ0n) is 11.3. The standard InChI is InChI=1S/C14H18ClN3O2/c1-16-14(20)11-5-4-10(7-12(11)15)18-13(19)8-9-3-2-6-17-9/h4-5,7,9,17H,2-3,6,8H2,1H3,(H,16,20)(H,18,19). The quantitative estimate of drug-likeness (QED) is 0.793. The zero-order chi connectivity index (χ0) is 14.5. The van der Waals surface area contributed by atoms with Crippen LogP contribution in [-0.2, 0) is 4.79 Å². The Morgan fingerprint density at radius 3 is 2.85 bits per heavy atom. The van der Waals surface area contributed by atoms with Crippen LogP contribution in [0.3, 0.4) is 0 Å². The van der Waals surface area contributed by atoms with Gasteiger partial charge in [0.15, 0.2) is 0 Å². The number of benzene rings is 1. The van der Waals surface area contributed by atoms with Crippen LogP contribution in [0.2, 0.25) is 5.02 Å². The summed E-state index contributed by atoms with van der Waals surface area (Å²) in [6.45, 7) is 0.977. The Kier molecular flexibility index (Phi) is 4.98. The average molecular weight is 296 g/mol. The summed E-state index contributed by atoms with van der Waals surface area (Å²) in [7, 11) is 1.54. The highest BCUT2D eigenvalue weighted by molar-refractivity contribution is 6.34. The monoisotopic (exact) mass is 295 g/mol. The van der Waals surface area contributed by atoms with Crippen LogP contribution in [0.25, 0.3) is 0 Å². The van der Waals surface area contributed by atoms with Gasteiger partial charge >= 0.3 is 0 Å². The number of hydrogen-bond donors (Lipinski definition) is 3. The van der Waals surface area contributed by atoms with Crippen LogP contribution in [0.4, 0.5) is 5.69 Å². The summed E-state index contributed by atoms with van der Waals surface area (Å²) in [5.74, 6) is -0.295. The van der Waals surface area contributed by atoms with Crippen LogP contribution >= 0.6 is 11.6 Å². The van der Waals surface area contributed by atoms with Gasteiger partial charge in [0.1, 0.15) is 0 Å². The summed E-state index contributed by atoms with van der Waals surface area (Å²) >= 11 is 6.03. The third kappa shape index (κ3) is 3.71. The first-order valence-corrected chi connectivity index (χ1v) is 7.03. The lowest BCUT2D eigenvalue weighted by molar-refractivity contribution is -0.116. The van der Waals surface area contributed by atoms with E-state index in [1.807, 2.05) is 0 Å². The van der Waals surface area contributed by atoms with Gasteiger partial charge in [0, 0.05) is 25.2 Å². The lowest BCUT2D eigenvalue weighted by Gasteiger charge is -2.11. The number of carbonyl (C=O) groups is 2. The largest absolute Gasteiger partial charge is 0.355 e. The van der Waals surface area contributed by atoms with Gasteiger partial charge in [-0.2, -0.15) is 0 Å². The van der Waals surface area contributed by atoms with E-state index < -0.39 is 0 Å². The molecule has 0 radical (unpaired) electrons. The minimum Gasteiger partial charge on any atom is -0.355 e. The minimum absolute atomic E-state index is 0.0480. The smallest absolute Gasteiger partial charge is 0.252 e. The van der Waals surface area contributed by atoms with Crippen LogP contribution in [0.15, 0.2) is 18.2 Å². The lowest BCUT2D eigenvalue weighted by atomic mass is 10.1. The highest BCUT2D eigenvalue weighted by Crippen LogP contribution is 2.21. The highest BCUT2D eigenvalue weighted by Gasteiger charge is 2.18. The molecule has 1 saturated heterocycles. The maximum Gasteiger partial charge on any atom is 0.252 e. The molecular formula is C14H18ClN3O2. The van der Waals surface area contributed by atoms with Gasteiger partial charge < -0.3 is 16.0 Å². The van der Waals surface area contributed by atoms with Crippen LogP contribution in [-0.4, -0.2) is 31.4 Å². The Balaban J connectivity index is 1.97. The molecule has 1 fully saturated rings. The third-order valence-electron chi connectivity index (χ3n) is 3.32. The van der Waals surface area contributed by atoms with Crippen molar-refractivity contribution in [2.24, 2.45) is 0 Å². The molecule has 108 valence electrons. The highest BCUT2D eigenvalue weighted by atomic mass is 35.5. The van der Waals surface area contributed by atoms with E-state index in [1.165, 1.54) is 0 Å². The molecule has 1 heterocycles. The van der Waals surface area contributed by atoms with Gasteiger partial charge in [-0.15, -0.1) is 0 Å². The molecule has 5 nitrogen and oxygen atoms in total. The second-order valence-electron chi connectivity index (χ2n) is 4.82. The van der Waals surface area contributed by atoms with E-state index in [2.05, 4.69) is 16.0 Å². The fourth-order valence-corrected chi connectivity index (χ4v) is 2.54. The van der Waals surface area contributed by atoms with E-state index in [4.69, 9.17) is 11.6 Å². The normalized spacial score (nSPS) is 17.8. The van der Waals surface area contributed by atoms with Crippen LogP contribution in [0.1, 0.15) is 29.6 Å². The number of anilines is 1. The molecule has 1 aliphatic rings. The molecule has 1 aliphatic heterocycles. The molecular weight excluding hydrogens is 278 g/mol. The first kappa shape index (κ1) is 14.8. The number of halogens is 1. The Hall–Kier alpha value is -1.59. The molecule has 6 heteroatoms. The van der Waals surface area contributed by atoms with Gasteiger partial charge in [0.05, 0.1) is 10.6 Å². The third-order valence-corrected chi connectivity index (χ3v) is 3.63. The second kappa shape index (κ2) is 6.72. The number of rotatable bonds is 4. The molecule has 2 amide bonds. The molecule has 0 bridgehead atoms. The maximum atomic E-state index is 11.9. The molecule has 0 aliphatic carbocycles. The zero-order valence-corrected chi connectivity index (χ0v) is 12.1. The van der Waals surface area contributed by atoms with Crippen molar-refractivity contribution in [3.63, 3.8) is 0 Å². The Morgan fingerprint density at radius 1 is 1.45 bits per heavy atom. The number of nitrogens with one attached hydrogen (secondary N) is 3. The predicted molar refractivity (Wildman–Crippen MR) is 79.1 cm³/mol. The summed E-state index contributed by atoms with van der Waals surface area (Å²) in [4.78, 5) is 23.4. The molecule has 20 heavy (non-hydrogen) atoms. The molecule has 2 rings (SSSR count). The van der Waals surface area contributed by atoms with E-state index in [-0.39, 0.29) is 17.9 Å². The van der Waals surface area contributed by atoms with E-state index in [1.54, 1.807) is 25.2 Å². The fraction of sp³-hybridized carbons (Fsp3) is 0.429. The molecule has 0 aromatic heterocycles. The van der Waals surface area contributed by atoms with Gasteiger partial charge in [-0.25, -0.2) is 0 Å². The molecule has 1 aromatic carbocycles. The molecule has 3 N–H and O–H groups in total. The van der Waals surface area contributed by atoms with Crippen molar-refractivity contribution in [3.05, 3.63) is 28.8 Å². The van der Waals surface area contributed by atoms with E-state index in [0.29, 0.717) is 22.7 Å². The average Bonchev–Trinajstić information content (AvgIpc) is 2.90. The molecule has 1 atom stereocenters. The van der Waals surface area contributed by atoms with Gasteiger partial charge in [-0.3, -0.25) is 9.59 Å². The summed E-state index contributed by atoms with van der Waals surface area (Å²) in [6.07, 6.45) is 2.60. The van der Waals surface area contributed by atoms with Crippen LogP contribution < -0.4 is 16.0 Å². The minimum atomic E-state index is -0.247. The Bertz CT molecular complexity index is 513. The first-order chi connectivity index (χ1) is 9.60. The van der Waals surface area contributed by atoms with Crippen LogP contribution in [0, 0.1) is 0 Å². The molecule has 1 unspecified atom stereocenters. The number of amides is 2. The van der Waals surface area contributed by atoms with Gasteiger partial charge in [0.25, 0.3) is 5.91 Å². The van der Waals surface area contributed by atoms with Gasteiger partial charge in [-0.1, -0.05) is 11.6 Å². The van der Waals surface area contributed by atoms with Crippen molar-refractivity contribution in [3.8, 4) is 0 Å². The molecule has 0 saturated carbocycles. The van der Waals surface area contributed by atoms with Crippen molar-refractivity contribution >= 4 is 29.1 Å². The predicted octanol–water partition coefficient (Wildman–Crippen LogP) is 1.78. The number of carbonyl (C=O) groups excluding carboxylic acids is 2. The lowest BCUT2D eigenvalue weighted by Crippen LogP contribution is -2.27. The maximum absolute atomic E-state index is 11.9. The van der Waals surface area contributed by atoms with Crippen molar-refractivity contribution in [2.75, 3.05) is 18.9 Å². The Morgan fingerprint density at radius 2 is 2.25 bits per heavy atom. The Labute approximate surface area is 123 Å². The molecule has 1 aromatic rings. The van der Waals surface area contributed by atoms with E-state index in [9.17, 15) is 9.59 Å². The topological polar surface area (TPSA) is 70.2 Å². The van der Waals surface area contributed by atoms with Crippen molar-refractivity contribution < 1.29 is 9.59 Å². The first-order valence-electron chi connectivity index (χ1n) is 6.65. The van der Waals surface area contributed by atoms with E-state index >= 15 is 0 Å². The molecule has 0 spiro atoms. The van der Waals surface area contributed by atoms with Crippen LogP contribution in [0.5, 0.6) is 0 Å². The van der Waals surface area contributed by atoms with Gasteiger partial charge in [0.2, 0.25) is 5.91 Å². The fourth-order valence-electron chi connectivity index (χ4n) is 2.28. The SMILES string of the molecule is CNC(=O)c1ccc(NC(=O)CC2CCCN2)cc1Cl.